The number of carbonyl (C=O) groups is 1. The Morgan fingerprint density at radius 3 is 2.33 bits per heavy atom. The highest BCUT2D eigenvalue weighted by atomic mass is 35.5. The van der Waals surface area contributed by atoms with Crippen molar-refractivity contribution in [2.45, 2.75) is 4.90 Å². The van der Waals surface area contributed by atoms with Gasteiger partial charge in [-0.2, -0.15) is 14.4 Å². The molecular formula is C13H11ClF2N4O5S2. The number of thiophene rings is 1. The molecule has 2 amide bonds. The average molecular weight is 441 g/mol. The van der Waals surface area contributed by atoms with Crippen LogP contribution in [0, 0.1) is 0 Å². The van der Waals surface area contributed by atoms with Gasteiger partial charge in [-0.1, -0.05) is 0 Å². The predicted molar refractivity (Wildman–Crippen MR) is 93.8 cm³/mol. The number of anilines is 1. The second-order valence-corrected chi connectivity index (χ2v) is 7.42. The summed E-state index contributed by atoms with van der Waals surface area (Å²) >= 11 is 5.51. The monoisotopic (exact) mass is 440 g/mol. The van der Waals surface area contributed by atoms with Crippen LogP contribution in [0.4, 0.5) is 19.5 Å². The van der Waals surface area contributed by atoms with Crippen molar-refractivity contribution in [1.29, 1.82) is 0 Å². The van der Waals surface area contributed by atoms with E-state index >= 15 is 0 Å². The number of hydrogen-bond donors (Lipinski definition) is 2. The third-order valence-corrected chi connectivity index (χ3v) is 5.41. The van der Waals surface area contributed by atoms with Gasteiger partial charge in [0.1, 0.15) is 4.90 Å². The first-order valence-corrected chi connectivity index (χ1v) is 9.51. The summed E-state index contributed by atoms with van der Waals surface area (Å²) in [6, 6.07) is 1.06. The highest BCUT2D eigenvalue weighted by molar-refractivity contribution is 7.90. The van der Waals surface area contributed by atoms with Crippen LogP contribution in [0.1, 0.15) is 4.88 Å². The van der Waals surface area contributed by atoms with E-state index in [9.17, 15) is 22.0 Å². The SMILES string of the molecule is COc1cc(OC)nc(NC(=O)NS(=O)(=O)c2ccsc2/C(F)=C(\F)Cl)n1. The number of nitrogens with zero attached hydrogens (tertiary/aromatic N) is 2. The van der Waals surface area contributed by atoms with E-state index in [1.54, 1.807) is 4.72 Å². The Morgan fingerprint density at radius 2 is 1.81 bits per heavy atom. The molecule has 14 heteroatoms. The number of rotatable bonds is 6. The number of nitrogens with one attached hydrogen (secondary N) is 2. The maximum Gasteiger partial charge on any atom is 0.335 e. The largest absolute Gasteiger partial charge is 0.481 e. The zero-order valence-corrected chi connectivity index (χ0v) is 16.0. The van der Waals surface area contributed by atoms with Gasteiger partial charge in [-0.15, -0.1) is 11.3 Å². The zero-order chi connectivity index (χ0) is 20.2. The van der Waals surface area contributed by atoms with Gasteiger partial charge in [0.15, 0.2) is 5.83 Å². The third kappa shape index (κ3) is 5.02. The molecule has 0 unspecified atom stereocenters. The van der Waals surface area contributed by atoms with Crippen LogP contribution in [0.5, 0.6) is 11.8 Å². The van der Waals surface area contributed by atoms with Crippen LogP contribution in [0.25, 0.3) is 5.83 Å². The van der Waals surface area contributed by atoms with E-state index in [1.807, 2.05) is 0 Å². The van der Waals surface area contributed by atoms with E-state index < -0.39 is 36.9 Å². The highest BCUT2D eigenvalue weighted by Gasteiger charge is 2.26. The lowest BCUT2D eigenvalue weighted by molar-refractivity contribution is 0.256. The number of methoxy groups -OCH3 is 2. The molecule has 0 spiro atoms. The van der Waals surface area contributed by atoms with Crippen LogP contribution in [-0.2, 0) is 10.0 Å². The van der Waals surface area contributed by atoms with Crippen molar-refractivity contribution in [3.63, 3.8) is 0 Å². The molecule has 2 aromatic rings. The lowest BCUT2D eigenvalue weighted by Gasteiger charge is -2.09. The molecule has 0 bridgehead atoms. The molecule has 0 saturated carbocycles. The standard InChI is InChI=1S/C13H11ClF2N4O5S2/c1-24-7-5-8(25-2)18-12(17-7)19-13(21)20-27(22,23)6-3-4-26-10(6)9(15)11(14)16/h3-5H,1-2H3,(H2,17,18,19,20,21)/b11-9+. The fraction of sp³-hybridized carbons (Fsp3) is 0.154. The molecule has 2 aromatic heterocycles. The Labute approximate surface area is 161 Å². The predicted octanol–water partition coefficient (Wildman–Crippen LogP) is 2.87. The Bertz CT molecular complexity index is 970. The summed E-state index contributed by atoms with van der Waals surface area (Å²) in [5.74, 6) is -1.79. The highest BCUT2D eigenvalue weighted by Crippen LogP contribution is 2.33. The van der Waals surface area contributed by atoms with Gasteiger partial charge in [0, 0.05) is 0 Å². The second kappa shape index (κ2) is 8.45. The lowest BCUT2D eigenvalue weighted by atomic mass is 10.4. The minimum atomic E-state index is -4.55. The molecule has 0 aromatic carbocycles. The van der Waals surface area contributed by atoms with Gasteiger partial charge in [0.05, 0.1) is 25.2 Å². The lowest BCUT2D eigenvalue weighted by Crippen LogP contribution is -2.35. The van der Waals surface area contributed by atoms with Crippen molar-refractivity contribution in [3.8, 4) is 11.8 Å². The van der Waals surface area contributed by atoms with Crippen LogP contribution in [0.3, 0.4) is 0 Å². The first-order chi connectivity index (χ1) is 12.7. The van der Waals surface area contributed by atoms with E-state index in [0.717, 1.165) is 6.07 Å². The first-order valence-electron chi connectivity index (χ1n) is 6.77. The van der Waals surface area contributed by atoms with Crippen LogP contribution < -0.4 is 19.5 Å². The van der Waals surface area contributed by atoms with E-state index in [0.29, 0.717) is 11.3 Å². The topological polar surface area (TPSA) is 120 Å². The van der Waals surface area contributed by atoms with Crippen LogP contribution in [0.15, 0.2) is 27.7 Å². The number of urea groups is 1. The average Bonchev–Trinajstić information content (AvgIpc) is 3.10. The van der Waals surface area contributed by atoms with Gasteiger partial charge in [0.2, 0.25) is 23.0 Å². The normalized spacial score (nSPS) is 12.2. The zero-order valence-electron chi connectivity index (χ0n) is 13.6. The van der Waals surface area contributed by atoms with Crippen molar-refractivity contribution < 1.29 is 31.5 Å². The van der Waals surface area contributed by atoms with E-state index in [4.69, 9.17) is 21.1 Å². The van der Waals surface area contributed by atoms with Gasteiger partial charge < -0.3 is 9.47 Å². The summed E-state index contributed by atoms with van der Waals surface area (Å²) in [5, 5.41) is 1.55. The van der Waals surface area contributed by atoms with Gasteiger partial charge in [-0.3, -0.25) is 5.32 Å². The molecule has 0 aliphatic rings. The molecular weight excluding hydrogens is 430 g/mol. The maximum atomic E-state index is 13.7. The maximum absolute atomic E-state index is 13.7. The van der Waals surface area contributed by atoms with E-state index in [1.165, 1.54) is 25.7 Å². The van der Waals surface area contributed by atoms with Crippen molar-refractivity contribution in [1.82, 2.24) is 14.7 Å². The molecule has 0 atom stereocenters. The molecule has 9 nitrogen and oxygen atoms in total. The fourth-order valence-corrected chi connectivity index (χ4v) is 4.14. The molecule has 2 rings (SSSR count). The molecule has 0 radical (unpaired) electrons. The second-order valence-electron chi connectivity index (χ2n) is 4.52. The van der Waals surface area contributed by atoms with Crippen molar-refractivity contribution in [2.24, 2.45) is 0 Å². The molecule has 146 valence electrons. The summed E-state index contributed by atoms with van der Waals surface area (Å²) in [6.45, 7) is 0. The minimum absolute atomic E-state index is 0.0462. The number of halogens is 3. The number of amides is 2. The van der Waals surface area contributed by atoms with Gasteiger partial charge in [0.25, 0.3) is 10.0 Å². The number of aromatic nitrogens is 2. The summed E-state index contributed by atoms with van der Waals surface area (Å²) < 4.78 is 62.5. The molecule has 0 fully saturated rings. The number of carbonyl (C=O) groups excluding carboxylic acids is 1. The number of ether oxygens (including phenoxy) is 2. The summed E-state index contributed by atoms with van der Waals surface area (Å²) in [5.41, 5.74) is 0. The number of sulfonamides is 1. The summed E-state index contributed by atoms with van der Waals surface area (Å²) in [7, 11) is -1.92. The molecule has 2 N–H and O–H groups in total. The molecule has 27 heavy (non-hydrogen) atoms. The molecule has 2 heterocycles. The van der Waals surface area contributed by atoms with Crippen molar-refractivity contribution in [2.75, 3.05) is 19.5 Å². The van der Waals surface area contributed by atoms with Crippen LogP contribution >= 0.6 is 22.9 Å². The quantitative estimate of drug-likeness (QED) is 0.708. The Kier molecular flexibility index (Phi) is 6.51. The summed E-state index contributed by atoms with van der Waals surface area (Å²) in [6.07, 6.45) is 0. The fourth-order valence-electron chi connectivity index (χ4n) is 1.73. The van der Waals surface area contributed by atoms with Crippen molar-refractivity contribution in [3.05, 3.63) is 27.7 Å². The van der Waals surface area contributed by atoms with Crippen LogP contribution in [-0.4, -0.2) is 38.6 Å². The van der Waals surface area contributed by atoms with E-state index in [-0.39, 0.29) is 17.7 Å². The smallest absolute Gasteiger partial charge is 0.335 e. The molecule has 0 aliphatic carbocycles. The summed E-state index contributed by atoms with van der Waals surface area (Å²) in [4.78, 5) is 18.3. The first kappa shape index (κ1) is 20.8. The Hall–Kier alpha value is -2.51. The Balaban J connectivity index is 2.24. The molecule has 0 aliphatic heterocycles. The van der Waals surface area contributed by atoms with Gasteiger partial charge >= 0.3 is 6.03 Å². The van der Waals surface area contributed by atoms with Crippen LogP contribution in [0.2, 0.25) is 0 Å². The van der Waals surface area contributed by atoms with Gasteiger partial charge in [-0.05, 0) is 23.0 Å². The minimum Gasteiger partial charge on any atom is -0.481 e. The Morgan fingerprint density at radius 1 is 1.22 bits per heavy atom. The van der Waals surface area contributed by atoms with E-state index in [2.05, 4.69) is 15.3 Å². The number of hydrogen-bond acceptors (Lipinski definition) is 8. The third-order valence-electron chi connectivity index (χ3n) is 2.83. The van der Waals surface area contributed by atoms with Gasteiger partial charge in [-0.25, -0.2) is 22.3 Å². The van der Waals surface area contributed by atoms with Crippen molar-refractivity contribution >= 4 is 50.8 Å². The molecule has 0 saturated heterocycles.